The molecule has 1 aromatic rings. The van der Waals surface area contributed by atoms with Gasteiger partial charge in [-0.1, -0.05) is 0 Å². The Hall–Kier alpha value is -0.140. The summed E-state index contributed by atoms with van der Waals surface area (Å²) in [7, 11) is 0. The van der Waals surface area contributed by atoms with Crippen molar-refractivity contribution in [2.24, 2.45) is 5.92 Å². The standard InChI is InChI=1S/C14H17BrINO2/c15-13-6-3-10(16)7-12(13)14(19)17-8-9-1-4-11(18)5-2-9/h3,6-7,9,11,18H,1-2,4-5,8H2,(H,17,19). The minimum absolute atomic E-state index is 0.0310. The van der Waals surface area contributed by atoms with Gasteiger partial charge in [0, 0.05) is 14.6 Å². The number of carbonyl (C=O) groups excluding carboxylic acids is 1. The molecule has 0 bridgehead atoms. The van der Waals surface area contributed by atoms with Crippen LogP contribution in [0.3, 0.4) is 0 Å². The Morgan fingerprint density at radius 2 is 2.05 bits per heavy atom. The van der Waals surface area contributed by atoms with Gasteiger partial charge in [-0.2, -0.15) is 0 Å². The molecule has 1 fully saturated rings. The summed E-state index contributed by atoms with van der Waals surface area (Å²) in [5.41, 5.74) is 0.683. The number of rotatable bonds is 3. The average molecular weight is 438 g/mol. The zero-order chi connectivity index (χ0) is 13.8. The third-order valence-electron chi connectivity index (χ3n) is 3.54. The number of aliphatic hydroxyl groups excluding tert-OH is 1. The molecule has 0 heterocycles. The number of aliphatic hydroxyl groups is 1. The molecule has 1 saturated carbocycles. The van der Waals surface area contributed by atoms with E-state index >= 15 is 0 Å². The molecule has 104 valence electrons. The van der Waals surface area contributed by atoms with E-state index in [-0.39, 0.29) is 12.0 Å². The first-order valence-electron chi connectivity index (χ1n) is 6.47. The molecule has 1 aliphatic carbocycles. The van der Waals surface area contributed by atoms with Gasteiger partial charge in [-0.3, -0.25) is 4.79 Å². The van der Waals surface area contributed by atoms with Crippen molar-refractivity contribution in [1.29, 1.82) is 0 Å². The Bertz CT molecular complexity index is 459. The first-order chi connectivity index (χ1) is 9.06. The number of hydrogen-bond donors (Lipinski definition) is 2. The van der Waals surface area contributed by atoms with Crippen molar-refractivity contribution in [2.75, 3.05) is 6.54 Å². The topological polar surface area (TPSA) is 49.3 Å². The van der Waals surface area contributed by atoms with Gasteiger partial charge in [0.1, 0.15) is 0 Å². The summed E-state index contributed by atoms with van der Waals surface area (Å²) in [5, 5.41) is 12.5. The molecule has 2 N–H and O–H groups in total. The fourth-order valence-corrected chi connectivity index (χ4v) is 3.27. The lowest BCUT2D eigenvalue weighted by molar-refractivity contribution is 0.0909. The van der Waals surface area contributed by atoms with Crippen LogP contribution in [0.15, 0.2) is 22.7 Å². The van der Waals surface area contributed by atoms with Gasteiger partial charge in [0.05, 0.1) is 11.7 Å². The lowest BCUT2D eigenvalue weighted by Gasteiger charge is -2.25. The Morgan fingerprint density at radius 1 is 1.37 bits per heavy atom. The fourth-order valence-electron chi connectivity index (χ4n) is 2.35. The van der Waals surface area contributed by atoms with E-state index in [0.29, 0.717) is 18.0 Å². The molecular weight excluding hydrogens is 421 g/mol. The molecule has 0 atom stereocenters. The summed E-state index contributed by atoms with van der Waals surface area (Å²) in [6.07, 6.45) is 3.56. The zero-order valence-electron chi connectivity index (χ0n) is 10.5. The summed E-state index contributed by atoms with van der Waals surface area (Å²) >= 11 is 5.61. The molecular formula is C14H17BrINO2. The number of halogens is 2. The highest BCUT2D eigenvalue weighted by atomic mass is 127. The molecule has 0 spiro atoms. The van der Waals surface area contributed by atoms with E-state index in [4.69, 9.17) is 0 Å². The van der Waals surface area contributed by atoms with E-state index in [0.717, 1.165) is 33.7 Å². The minimum atomic E-state index is -0.142. The van der Waals surface area contributed by atoms with Gasteiger partial charge in [0.15, 0.2) is 0 Å². The molecule has 5 heteroatoms. The maximum Gasteiger partial charge on any atom is 0.252 e. The van der Waals surface area contributed by atoms with Crippen LogP contribution in [0, 0.1) is 9.49 Å². The summed E-state index contributed by atoms with van der Waals surface area (Å²) in [5.74, 6) is 0.463. The third kappa shape index (κ3) is 4.43. The lowest BCUT2D eigenvalue weighted by atomic mass is 9.87. The highest BCUT2D eigenvalue weighted by Crippen LogP contribution is 2.24. The number of benzene rings is 1. The van der Waals surface area contributed by atoms with Crippen LogP contribution in [0.5, 0.6) is 0 Å². The monoisotopic (exact) mass is 437 g/mol. The van der Waals surface area contributed by atoms with Crippen LogP contribution in [0.2, 0.25) is 0 Å². The molecule has 1 amide bonds. The SMILES string of the molecule is O=C(NCC1CCC(O)CC1)c1cc(I)ccc1Br. The van der Waals surface area contributed by atoms with Crippen molar-refractivity contribution in [1.82, 2.24) is 5.32 Å². The van der Waals surface area contributed by atoms with E-state index in [1.165, 1.54) is 0 Å². The molecule has 0 aromatic heterocycles. The van der Waals surface area contributed by atoms with Crippen LogP contribution in [-0.4, -0.2) is 23.7 Å². The number of nitrogens with one attached hydrogen (secondary N) is 1. The molecule has 3 nitrogen and oxygen atoms in total. The number of carbonyl (C=O) groups is 1. The largest absolute Gasteiger partial charge is 0.393 e. The highest BCUT2D eigenvalue weighted by Gasteiger charge is 2.20. The molecule has 0 radical (unpaired) electrons. The van der Waals surface area contributed by atoms with Gasteiger partial charge in [0.25, 0.3) is 5.91 Å². The van der Waals surface area contributed by atoms with Gasteiger partial charge in [0.2, 0.25) is 0 Å². The van der Waals surface area contributed by atoms with Crippen molar-refractivity contribution >= 4 is 44.4 Å². The van der Waals surface area contributed by atoms with E-state index < -0.39 is 0 Å². The molecule has 1 aliphatic rings. The molecule has 0 saturated heterocycles. The highest BCUT2D eigenvalue weighted by molar-refractivity contribution is 14.1. The zero-order valence-corrected chi connectivity index (χ0v) is 14.3. The Balaban J connectivity index is 1.89. The van der Waals surface area contributed by atoms with Gasteiger partial charge in [-0.25, -0.2) is 0 Å². The van der Waals surface area contributed by atoms with Crippen molar-refractivity contribution in [2.45, 2.75) is 31.8 Å². The van der Waals surface area contributed by atoms with Crippen LogP contribution >= 0.6 is 38.5 Å². The van der Waals surface area contributed by atoms with Crippen molar-refractivity contribution in [3.63, 3.8) is 0 Å². The maximum absolute atomic E-state index is 12.1. The lowest BCUT2D eigenvalue weighted by Crippen LogP contribution is -2.32. The van der Waals surface area contributed by atoms with Gasteiger partial charge >= 0.3 is 0 Å². The van der Waals surface area contributed by atoms with Crippen LogP contribution in [0.25, 0.3) is 0 Å². The van der Waals surface area contributed by atoms with Gasteiger partial charge in [-0.05, 0) is 88.3 Å². The van der Waals surface area contributed by atoms with Crippen LogP contribution < -0.4 is 5.32 Å². The van der Waals surface area contributed by atoms with Crippen molar-refractivity contribution in [3.05, 3.63) is 31.8 Å². The summed E-state index contributed by atoms with van der Waals surface area (Å²) in [6, 6.07) is 5.74. The first kappa shape index (κ1) is 15.3. The second kappa shape index (κ2) is 7.04. The summed E-state index contributed by atoms with van der Waals surface area (Å²) < 4.78 is 1.87. The second-order valence-electron chi connectivity index (χ2n) is 5.01. The summed E-state index contributed by atoms with van der Waals surface area (Å²) in [6.45, 7) is 0.698. The minimum Gasteiger partial charge on any atom is -0.393 e. The van der Waals surface area contributed by atoms with Crippen LogP contribution in [0.4, 0.5) is 0 Å². The second-order valence-corrected chi connectivity index (χ2v) is 7.11. The number of hydrogen-bond acceptors (Lipinski definition) is 2. The quantitative estimate of drug-likeness (QED) is 0.712. The summed E-state index contributed by atoms with van der Waals surface area (Å²) in [4.78, 5) is 12.1. The smallest absolute Gasteiger partial charge is 0.252 e. The van der Waals surface area contributed by atoms with Gasteiger partial charge < -0.3 is 10.4 Å². The third-order valence-corrected chi connectivity index (χ3v) is 4.90. The molecule has 2 rings (SSSR count). The predicted octanol–water partition coefficient (Wildman–Crippen LogP) is 3.33. The van der Waals surface area contributed by atoms with Crippen LogP contribution in [-0.2, 0) is 0 Å². The van der Waals surface area contributed by atoms with Gasteiger partial charge in [-0.15, -0.1) is 0 Å². The number of amides is 1. The maximum atomic E-state index is 12.1. The molecule has 0 aliphatic heterocycles. The predicted molar refractivity (Wildman–Crippen MR) is 87.2 cm³/mol. The van der Waals surface area contributed by atoms with Crippen molar-refractivity contribution in [3.8, 4) is 0 Å². The molecule has 19 heavy (non-hydrogen) atoms. The van der Waals surface area contributed by atoms with E-state index in [9.17, 15) is 9.90 Å². The fraction of sp³-hybridized carbons (Fsp3) is 0.500. The Labute approximate surface area is 135 Å². The van der Waals surface area contributed by atoms with E-state index in [1.54, 1.807) is 0 Å². The normalized spacial score (nSPS) is 23.1. The molecule has 1 aromatic carbocycles. The Morgan fingerprint density at radius 3 is 2.74 bits per heavy atom. The molecule has 0 unspecified atom stereocenters. The van der Waals surface area contributed by atoms with Crippen molar-refractivity contribution < 1.29 is 9.90 Å². The first-order valence-corrected chi connectivity index (χ1v) is 8.34. The Kier molecular flexibility index (Phi) is 5.65. The van der Waals surface area contributed by atoms with Crippen LogP contribution in [0.1, 0.15) is 36.0 Å². The average Bonchev–Trinajstić information content (AvgIpc) is 2.40. The van der Waals surface area contributed by atoms with E-state index in [2.05, 4.69) is 43.8 Å². The van der Waals surface area contributed by atoms with E-state index in [1.807, 2.05) is 18.2 Å².